The molecule has 0 aliphatic carbocycles. The number of ether oxygens (including phenoxy) is 1. The van der Waals surface area contributed by atoms with Gasteiger partial charge in [0.1, 0.15) is 11.7 Å². The van der Waals surface area contributed by atoms with Crippen LogP contribution >= 0.6 is 0 Å². The lowest BCUT2D eigenvalue weighted by Crippen LogP contribution is -2.59. The molecule has 138 valence electrons. The molecule has 2 amide bonds. The van der Waals surface area contributed by atoms with Crippen LogP contribution < -0.4 is 5.32 Å². The Morgan fingerprint density at radius 2 is 1.84 bits per heavy atom. The van der Waals surface area contributed by atoms with Gasteiger partial charge < -0.3 is 19.9 Å². The van der Waals surface area contributed by atoms with Crippen molar-refractivity contribution < 1.29 is 19.1 Å². The molecule has 0 aromatic carbocycles. The summed E-state index contributed by atoms with van der Waals surface area (Å²) in [5.74, 6) is -0.865. The average molecular weight is 349 g/mol. The maximum absolute atomic E-state index is 13.1. The molecule has 1 aromatic heterocycles. The minimum absolute atomic E-state index is 0.00834. The first-order valence-corrected chi connectivity index (χ1v) is 8.64. The molecule has 2 N–H and O–H groups in total. The molecule has 1 saturated heterocycles. The molecule has 1 aliphatic rings. The van der Waals surface area contributed by atoms with Gasteiger partial charge in [-0.25, -0.2) is 4.79 Å². The van der Waals surface area contributed by atoms with Crippen LogP contribution in [-0.2, 0) is 9.53 Å². The van der Waals surface area contributed by atoms with Crippen LogP contribution in [0, 0.1) is 19.8 Å². The molecule has 0 spiro atoms. The zero-order valence-corrected chi connectivity index (χ0v) is 15.7. The zero-order valence-electron chi connectivity index (χ0n) is 15.7. The number of nitrogens with one attached hydrogen (secondary N) is 2. The Hall–Kier alpha value is -2.31. The number of rotatable bonds is 4. The van der Waals surface area contributed by atoms with Gasteiger partial charge in [-0.3, -0.25) is 9.59 Å². The Morgan fingerprint density at radius 3 is 2.40 bits per heavy atom. The summed E-state index contributed by atoms with van der Waals surface area (Å²) in [7, 11) is 0. The number of hydrogen-bond donors (Lipinski definition) is 2. The van der Waals surface area contributed by atoms with Gasteiger partial charge in [0.15, 0.2) is 0 Å². The third kappa shape index (κ3) is 3.70. The smallest absolute Gasteiger partial charge is 0.340 e. The molecular weight excluding hydrogens is 322 g/mol. The number of aromatic amines is 1. The summed E-state index contributed by atoms with van der Waals surface area (Å²) >= 11 is 0. The molecule has 7 heteroatoms. The summed E-state index contributed by atoms with van der Waals surface area (Å²) in [5.41, 5.74) is 1.88. The fraction of sp³-hybridized carbons (Fsp3) is 0.611. The van der Waals surface area contributed by atoms with Crippen molar-refractivity contribution in [1.82, 2.24) is 15.2 Å². The van der Waals surface area contributed by atoms with Crippen LogP contribution in [0.5, 0.6) is 0 Å². The fourth-order valence-corrected chi connectivity index (χ4v) is 3.26. The lowest BCUT2D eigenvalue weighted by Gasteiger charge is -2.37. The van der Waals surface area contributed by atoms with Gasteiger partial charge in [-0.1, -0.05) is 13.8 Å². The first-order chi connectivity index (χ1) is 11.6. The van der Waals surface area contributed by atoms with Crippen molar-refractivity contribution in [3.63, 3.8) is 0 Å². The molecule has 2 heterocycles. The van der Waals surface area contributed by atoms with Crippen LogP contribution in [-0.4, -0.2) is 52.9 Å². The van der Waals surface area contributed by atoms with Gasteiger partial charge in [0.05, 0.1) is 11.7 Å². The van der Waals surface area contributed by atoms with Crippen molar-refractivity contribution in [2.75, 3.05) is 13.1 Å². The Kier molecular flexibility index (Phi) is 5.55. The van der Waals surface area contributed by atoms with Crippen molar-refractivity contribution in [1.29, 1.82) is 0 Å². The largest absolute Gasteiger partial charge is 0.459 e. The van der Waals surface area contributed by atoms with Crippen LogP contribution in [0.15, 0.2) is 0 Å². The predicted molar refractivity (Wildman–Crippen MR) is 93.5 cm³/mol. The second-order valence-electron chi connectivity index (χ2n) is 7.06. The van der Waals surface area contributed by atoms with Crippen LogP contribution in [0.2, 0.25) is 0 Å². The topological polar surface area (TPSA) is 91.5 Å². The van der Waals surface area contributed by atoms with Gasteiger partial charge in [0.2, 0.25) is 5.91 Å². The quantitative estimate of drug-likeness (QED) is 0.811. The molecule has 0 radical (unpaired) electrons. The minimum atomic E-state index is -0.518. The van der Waals surface area contributed by atoms with Crippen LogP contribution in [0.4, 0.5) is 0 Å². The number of carbonyl (C=O) groups is 3. The predicted octanol–water partition coefficient (Wildman–Crippen LogP) is 1.79. The lowest BCUT2D eigenvalue weighted by atomic mass is 9.98. The molecule has 1 aromatic rings. The number of H-pyrrole nitrogens is 1. The monoisotopic (exact) mass is 349 g/mol. The van der Waals surface area contributed by atoms with Crippen molar-refractivity contribution in [2.24, 2.45) is 5.92 Å². The summed E-state index contributed by atoms with van der Waals surface area (Å²) in [6.45, 7) is 11.7. The second-order valence-corrected chi connectivity index (χ2v) is 7.06. The molecule has 1 fully saturated rings. The first-order valence-electron chi connectivity index (χ1n) is 8.64. The zero-order chi connectivity index (χ0) is 18.9. The van der Waals surface area contributed by atoms with E-state index in [-0.39, 0.29) is 23.8 Å². The van der Waals surface area contributed by atoms with Gasteiger partial charge >= 0.3 is 5.97 Å². The molecule has 1 aliphatic heterocycles. The summed E-state index contributed by atoms with van der Waals surface area (Å²) in [6, 6.07) is -0.518. The second kappa shape index (κ2) is 7.29. The number of nitrogens with zero attached hydrogens (tertiary/aromatic N) is 1. The lowest BCUT2D eigenvalue weighted by molar-refractivity contribution is -0.129. The maximum Gasteiger partial charge on any atom is 0.340 e. The number of carbonyl (C=O) groups excluding carboxylic acids is 3. The van der Waals surface area contributed by atoms with E-state index in [1.54, 1.807) is 32.6 Å². The van der Waals surface area contributed by atoms with E-state index in [1.807, 2.05) is 13.8 Å². The van der Waals surface area contributed by atoms with Gasteiger partial charge in [-0.05, 0) is 39.2 Å². The standard InChI is InChI=1S/C18H27N3O4/c1-9(2)15-16(22)19-7-8-21(15)17(23)14-11(5)13(12(6)20-14)18(24)25-10(3)4/h9-10,15,20H,7-8H2,1-6H3,(H,19,22). The normalized spacial score (nSPS) is 17.8. The van der Waals surface area contributed by atoms with Crippen LogP contribution in [0.1, 0.15) is 59.8 Å². The minimum Gasteiger partial charge on any atom is -0.459 e. The molecule has 0 saturated carbocycles. The SMILES string of the molecule is Cc1[nH]c(C(=O)N2CCNC(=O)C2C(C)C)c(C)c1C(=O)OC(C)C. The van der Waals surface area contributed by atoms with E-state index in [2.05, 4.69) is 10.3 Å². The Balaban J connectivity index is 2.36. The maximum atomic E-state index is 13.1. The molecular formula is C18H27N3O4. The van der Waals surface area contributed by atoms with Crippen molar-refractivity contribution >= 4 is 17.8 Å². The van der Waals surface area contributed by atoms with Gasteiger partial charge in [0.25, 0.3) is 5.91 Å². The van der Waals surface area contributed by atoms with E-state index in [9.17, 15) is 14.4 Å². The number of esters is 1. The van der Waals surface area contributed by atoms with Crippen LogP contribution in [0.25, 0.3) is 0 Å². The number of aromatic nitrogens is 1. The van der Waals surface area contributed by atoms with Crippen molar-refractivity contribution in [3.05, 3.63) is 22.5 Å². The van der Waals surface area contributed by atoms with Crippen molar-refractivity contribution in [2.45, 2.75) is 53.7 Å². The Bertz CT molecular complexity index is 691. The molecule has 25 heavy (non-hydrogen) atoms. The highest BCUT2D eigenvalue weighted by Crippen LogP contribution is 2.23. The van der Waals surface area contributed by atoms with E-state index in [4.69, 9.17) is 4.74 Å². The highest BCUT2D eigenvalue weighted by Gasteiger charge is 2.37. The summed E-state index contributed by atoms with van der Waals surface area (Å²) in [4.78, 5) is 42.1. The molecule has 0 bridgehead atoms. The highest BCUT2D eigenvalue weighted by molar-refractivity contribution is 6.02. The summed E-state index contributed by atoms with van der Waals surface area (Å²) < 4.78 is 5.26. The van der Waals surface area contributed by atoms with Crippen LogP contribution in [0.3, 0.4) is 0 Å². The van der Waals surface area contributed by atoms with E-state index in [0.29, 0.717) is 35.6 Å². The Labute approximate surface area is 148 Å². The summed E-state index contributed by atoms with van der Waals surface area (Å²) in [5, 5.41) is 2.80. The fourth-order valence-electron chi connectivity index (χ4n) is 3.26. The number of piperazine rings is 1. The summed E-state index contributed by atoms with van der Waals surface area (Å²) in [6.07, 6.45) is -0.239. The van der Waals surface area contributed by atoms with Crippen molar-refractivity contribution in [3.8, 4) is 0 Å². The molecule has 7 nitrogen and oxygen atoms in total. The molecule has 2 rings (SSSR count). The van der Waals surface area contributed by atoms with Gasteiger partial charge in [-0.2, -0.15) is 0 Å². The van der Waals surface area contributed by atoms with E-state index in [1.165, 1.54) is 0 Å². The van der Waals surface area contributed by atoms with E-state index < -0.39 is 12.0 Å². The number of amides is 2. The third-order valence-corrected chi connectivity index (χ3v) is 4.35. The highest BCUT2D eigenvalue weighted by atomic mass is 16.5. The van der Waals surface area contributed by atoms with Gasteiger partial charge in [0, 0.05) is 18.8 Å². The molecule has 1 unspecified atom stereocenters. The third-order valence-electron chi connectivity index (χ3n) is 4.35. The van der Waals surface area contributed by atoms with E-state index >= 15 is 0 Å². The number of hydrogen-bond acceptors (Lipinski definition) is 4. The number of aryl methyl sites for hydroxylation is 1. The average Bonchev–Trinajstić information content (AvgIpc) is 2.80. The van der Waals surface area contributed by atoms with E-state index in [0.717, 1.165) is 0 Å². The first kappa shape index (κ1) is 19.0. The Morgan fingerprint density at radius 1 is 1.20 bits per heavy atom. The molecule has 1 atom stereocenters. The van der Waals surface area contributed by atoms with Gasteiger partial charge in [-0.15, -0.1) is 0 Å².